The minimum absolute atomic E-state index is 0.0633. The number of sulfonamides is 1. The van der Waals surface area contributed by atoms with Gasteiger partial charge in [-0.2, -0.15) is 4.31 Å². The average Bonchev–Trinajstić information content (AvgIpc) is 3.22. The van der Waals surface area contributed by atoms with Crippen LogP contribution in [0.4, 0.5) is 0 Å². The maximum atomic E-state index is 13.2. The van der Waals surface area contributed by atoms with Crippen LogP contribution in [-0.4, -0.2) is 37.8 Å². The van der Waals surface area contributed by atoms with Crippen LogP contribution >= 0.6 is 11.6 Å². The predicted octanol–water partition coefficient (Wildman–Crippen LogP) is 4.46. The molecular formula is C23H31ClN2O3S. The van der Waals surface area contributed by atoms with Gasteiger partial charge in [0.25, 0.3) is 5.91 Å². The second kappa shape index (κ2) is 7.49. The van der Waals surface area contributed by atoms with Crippen LogP contribution in [0.3, 0.4) is 0 Å². The largest absolute Gasteiger partial charge is 0.349 e. The lowest BCUT2D eigenvalue weighted by Gasteiger charge is -2.59. The Hall–Kier alpha value is -1.11. The molecule has 1 heterocycles. The average molecular weight is 451 g/mol. The number of halogens is 1. The van der Waals surface area contributed by atoms with E-state index in [-0.39, 0.29) is 27.8 Å². The third-order valence-corrected chi connectivity index (χ3v) is 10.5. The summed E-state index contributed by atoms with van der Waals surface area (Å²) in [5, 5.41) is 3.51. The summed E-state index contributed by atoms with van der Waals surface area (Å²) >= 11 is 6.33. The quantitative estimate of drug-likeness (QED) is 0.720. The van der Waals surface area contributed by atoms with E-state index in [4.69, 9.17) is 11.6 Å². The Morgan fingerprint density at radius 3 is 2.23 bits per heavy atom. The van der Waals surface area contributed by atoms with E-state index in [1.165, 1.54) is 61.0 Å². The van der Waals surface area contributed by atoms with Gasteiger partial charge in [-0.15, -0.1) is 0 Å². The van der Waals surface area contributed by atoms with Crippen molar-refractivity contribution in [2.75, 3.05) is 13.1 Å². The lowest BCUT2D eigenvalue weighted by atomic mass is 9.48. The van der Waals surface area contributed by atoms with Crippen molar-refractivity contribution < 1.29 is 13.2 Å². The summed E-state index contributed by atoms with van der Waals surface area (Å²) in [6.07, 6.45) is 9.46. The van der Waals surface area contributed by atoms with Gasteiger partial charge in [0, 0.05) is 19.1 Å². The molecule has 1 saturated heterocycles. The monoisotopic (exact) mass is 450 g/mol. The van der Waals surface area contributed by atoms with E-state index in [9.17, 15) is 13.2 Å². The standard InChI is InChI=1S/C23H31ClN2O3S/c1-15(23-12-16-8-17(13-23)10-18(9-16)14-23)25-22(27)20-11-19(4-5-21(20)24)30(28,29)26-6-2-3-7-26/h4-5,11,15-18H,2-3,6-10,12-14H2,1H3,(H,25,27). The van der Waals surface area contributed by atoms with Gasteiger partial charge in [0.15, 0.2) is 0 Å². The van der Waals surface area contributed by atoms with E-state index in [2.05, 4.69) is 12.2 Å². The molecule has 4 saturated carbocycles. The highest BCUT2D eigenvalue weighted by atomic mass is 35.5. The van der Waals surface area contributed by atoms with Crippen molar-refractivity contribution >= 4 is 27.5 Å². The molecule has 1 N–H and O–H groups in total. The molecule has 164 valence electrons. The zero-order chi connectivity index (χ0) is 21.1. The number of amides is 1. The van der Waals surface area contributed by atoms with Gasteiger partial charge < -0.3 is 5.32 Å². The molecule has 0 spiro atoms. The Kier molecular flexibility index (Phi) is 5.19. The summed E-state index contributed by atoms with van der Waals surface area (Å²) in [5.41, 5.74) is 0.448. The van der Waals surface area contributed by atoms with Crippen LogP contribution in [-0.2, 0) is 10.0 Å². The molecule has 5 fully saturated rings. The number of rotatable bonds is 5. The first-order chi connectivity index (χ1) is 14.3. The number of carbonyl (C=O) groups excluding carboxylic acids is 1. The van der Waals surface area contributed by atoms with Crippen molar-refractivity contribution in [3.8, 4) is 0 Å². The Morgan fingerprint density at radius 1 is 1.10 bits per heavy atom. The molecule has 6 rings (SSSR count). The van der Waals surface area contributed by atoms with Crippen LogP contribution in [0.15, 0.2) is 23.1 Å². The predicted molar refractivity (Wildman–Crippen MR) is 117 cm³/mol. The fourth-order valence-corrected chi connectivity index (χ4v) is 8.80. The lowest BCUT2D eigenvalue weighted by Crippen LogP contribution is -2.55. The van der Waals surface area contributed by atoms with Crippen molar-refractivity contribution in [3.63, 3.8) is 0 Å². The van der Waals surface area contributed by atoms with E-state index in [0.29, 0.717) is 18.1 Å². The SMILES string of the molecule is CC(NC(=O)c1cc(S(=O)(=O)N2CCCC2)ccc1Cl)C12CC3CC(CC(C3)C1)C2. The number of nitrogens with zero attached hydrogens (tertiary/aromatic N) is 1. The van der Waals surface area contributed by atoms with Crippen molar-refractivity contribution in [2.45, 2.75) is 69.2 Å². The molecule has 0 aromatic heterocycles. The number of hydrogen-bond acceptors (Lipinski definition) is 3. The zero-order valence-corrected chi connectivity index (χ0v) is 19.1. The van der Waals surface area contributed by atoms with E-state index in [1.807, 2.05) is 0 Å². The highest BCUT2D eigenvalue weighted by Gasteiger charge is 2.53. The summed E-state index contributed by atoms with van der Waals surface area (Å²) in [6.45, 7) is 3.20. The number of nitrogens with one attached hydrogen (secondary N) is 1. The van der Waals surface area contributed by atoms with Crippen LogP contribution in [0.25, 0.3) is 0 Å². The second-order valence-electron chi connectivity index (χ2n) is 10.2. The first-order valence-corrected chi connectivity index (χ1v) is 13.2. The van der Waals surface area contributed by atoms with Gasteiger partial charge in [0.05, 0.1) is 15.5 Å². The molecule has 5 aliphatic rings. The van der Waals surface area contributed by atoms with Crippen LogP contribution < -0.4 is 5.32 Å². The molecular weight excluding hydrogens is 420 g/mol. The molecule has 7 heteroatoms. The van der Waals surface area contributed by atoms with Crippen molar-refractivity contribution in [3.05, 3.63) is 28.8 Å². The summed E-state index contributed by atoms with van der Waals surface area (Å²) in [4.78, 5) is 13.3. The van der Waals surface area contributed by atoms with Crippen molar-refractivity contribution in [1.29, 1.82) is 0 Å². The summed E-state index contributed by atoms with van der Waals surface area (Å²) in [6, 6.07) is 4.57. The molecule has 1 unspecified atom stereocenters. The normalized spacial score (nSPS) is 34.3. The van der Waals surface area contributed by atoms with Crippen LogP contribution in [0.2, 0.25) is 5.02 Å². The molecule has 5 nitrogen and oxygen atoms in total. The van der Waals surface area contributed by atoms with E-state index < -0.39 is 10.0 Å². The third-order valence-electron chi connectivity index (χ3n) is 8.24. The molecule has 1 aromatic carbocycles. The molecule has 1 aliphatic heterocycles. The first kappa shape index (κ1) is 20.8. The summed E-state index contributed by atoms with van der Waals surface area (Å²) < 4.78 is 27.3. The molecule has 1 aromatic rings. The molecule has 4 bridgehead atoms. The van der Waals surface area contributed by atoms with Gasteiger partial charge in [0.1, 0.15) is 0 Å². The fourth-order valence-electron chi connectivity index (χ4n) is 7.05. The Labute approximate surface area is 184 Å². The topological polar surface area (TPSA) is 66.5 Å². The maximum Gasteiger partial charge on any atom is 0.253 e. The molecule has 0 radical (unpaired) electrons. The molecule has 30 heavy (non-hydrogen) atoms. The van der Waals surface area contributed by atoms with Gasteiger partial charge in [-0.25, -0.2) is 8.42 Å². The third kappa shape index (κ3) is 3.49. The van der Waals surface area contributed by atoms with Crippen LogP contribution in [0.5, 0.6) is 0 Å². The van der Waals surface area contributed by atoms with E-state index >= 15 is 0 Å². The Morgan fingerprint density at radius 2 is 1.67 bits per heavy atom. The Balaban J connectivity index is 1.36. The highest BCUT2D eigenvalue weighted by Crippen LogP contribution is 2.61. The van der Waals surface area contributed by atoms with Gasteiger partial charge in [-0.3, -0.25) is 4.79 Å². The van der Waals surface area contributed by atoms with Crippen LogP contribution in [0, 0.1) is 23.2 Å². The summed E-state index contributed by atoms with van der Waals surface area (Å²) in [5.74, 6) is 2.18. The first-order valence-electron chi connectivity index (χ1n) is 11.4. The minimum atomic E-state index is -3.58. The number of hydrogen-bond donors (Lipinski definition) is 1. The van der Waals surface area contributed by atoms with Crippen molar-refractivity contribution in [2.24, 2.45) is 23.2 Å². The van der Waals surface area contributed by atoms with Gasteiger partial charge in [0.2, 0.25) is 10.0 Å². The zero-order valence-electron chi connectivity index (χ0n) is 17.6. The van der Waals surface area contributed by atoms with Crippen LogP contribution in [0.1, 0.15) is 68.6 Å². The van der Waals surface area contributed by atoms with Gasteiger partial charge >= 0.3 is 0 Å². The smallest absolute Gasteiger partial charge is 0.253 e. The number of benzene rings is 1. The van der Waals surface area contributed by atoms with Crippen molar-refractivity contribution in [1.82, 2.24) is 9.62 Å². The summed E-state index contributed by atoms with van der Waals surface area (Å²) in [7, 11) is -3.58. The number of carbonyl (C=O) groups is 1. The second-order valence-corrected chi connectivity index (χ2v) is 12.6. The minimum Gasteiger partial charge on any atom is -0.349 e. The fraction of sp³-hybridized carbons (Fsp3) is 0.696. The highest BCUT2D eigenvalue weighted by molar-refractivity contribution is 7.89. The lowest BCUT2D eigenvalue weighted by molar-refractivity contribution is -0.0688. The van der Waals surface area contributed by atoms with Gasteiger partial charge in [-0.1, -0.05) is 11.6 Å². The molecule has 1 amide bonds. The molecule has 1 atom stereocenters. The maximum absolute atomic E-state index is 13.2. The van der Waals surface area contributed by atoms with Gasteiger partial charge in [-0.05, 0) is 99.7 Å². The van der Waals surface area contributed by atoms with E-state index in [0.717, 1.165) is 30.6 Å². The Bertz CT molecular complexity index is 920. The molecule has 4 aliphatic carbocycles. The van der Waals surface area contributed by atoms with E-state index in [1.54, 1.807) is 0 Å².